The number of imide groups is 2. The first-order valence-corrected chi connectivity index (χ1v) is 7.24. The first-order chi connectivity index (χ1) is 10.1. The van der Waals surface area contributed by atoms with Crippen molar-refractivity contribution in [1.82, 2.24) is 5.32 Å². The van der Waals surface area contributed by atoms with Crippen molar-refractivity contribution in [2.45, 2.75) is 39.0 Å². The maximum absolute atomic E-state index is 12.0. The van der Waals surface area contributed by atoms with Gasteiger partial charge >= 0.3 is 29.6 Å². The Labute approximate surface area is 152 Å². The summed E-state index contributed by atoms with van der Waals surface area (Å²) in [6, 6.07) is 9.22. The molecule has 0 radical (unpaired) electrons. The van der Waals surface area contributed by atoms with Gasteiger partial charge in [-0.05, 0) is 31.2 Å². The fourth-order valence-electron chi connectivity index (χ4n) is 2.65. The van der Waals surface area contributed by atoms with Crippen LogP contribution >= 0.6 is 0 Å². The van der Waals surface area contributed by atoms with Gasteiger partial charge in [0.1, 0.15) is 0 Å². The molecule has 0 bridgehead atoms. The number of carbonyl (C=O) groups excluding carboxylic acids is 3. The van der Waals surface area contributed by atoms with Gasteiger partial charge in [0, 0.05) is 0 Å². The summed E-state index contributed by atoms with van der Waals surface area (Å²) in [6.07, 6.45) is 3.33. The second kappa shape index (κ2) is 8.46. The van der Waals surface area contributed by atoms with Gasteiger partial charge < -0.3 is 10.6 Å². The predicted octanol–water partition coefficient (Wildman–Crippen LogP) is -0.0501. The minimum absolute atomic E-state index is 0. The Balaban J connectivity index is 0.00000242. The number of hydrogen-bond acceptors (Lipinski definition) is 3. The van der Waals surface area contributed by atoms with Crippen molar-refractivity contribution in [3.05, 3.63) is 41.2 Å². The van der Waals surface area contributed by atoms with E-state index in [4.69, 9.17) is 0 Å². The van der Waals surface area contributed by atoms with Gasteiger partial charge in [-0.2, -0.15) is 0 Å². The van der Waals surface area contributed by atoms with Crippen LogP contribution in [0.3, 0.4) is 0 Å². The molecule has 0 aliphatic carbocycles. The number of rotatable bonds is 6. The first kappa shape index (κ1) is 18.9. The van der Waals surface area contributed by atoms with E-state index in [2.05, 4.69) is 22.8 Å². The minimum Gasteiger partial charge on any atom is -0.394 e. The second-order valence-electron chi connectivity index (χ2n) is 5.30. The Kier molecular flexibility index (Phi) is 7.26. The van der Waals surface area contributed by atoms with Crippen LogP contribution in [0, 0.1) is 5.41 Å². The van der Waals surface area contributed by atoms with Gasteiger partial charge in [-0.1, -0.05) is 43.7 Å². The average Bonchev–Trinajstić information content (AvgIpc) is 2.47. The third-order valence-electron chi connectivity index (χ3n) is 4.03. The molecule has 112 valence electrons. The molecule has 1 N–H and O–H groups in total. The molecule has 0 aromatic heterocycles. The Morgan fingerprint density at radius 2 is 1.77 bits per heavy atom. The zero-order valence-corrected chi connectivity index (χ0v) is 15.1. The fourth-order valence-corrected chi connectivity index (χ4v) is 2.65. The molecule has 1 aromatic rings. The third-order valence-corrected chi connectivity index (χ3v) is 4.03. The smallest absolute Gasteiger partial charge is 0.394 e. The molecule has 0 saturated carbocycles. The van der Waals surface area contributed by atoms with Gasteiger partial charge in [-0.3, -0.25) is 14.4 Å². The van der Waals surface area contributed by atoms with Crippen LogP contribution in [-0.2, 0) is 16.0 Å². The molecular weight excluding hydrogens is 291 g/mol. The molecule has 2 rings (SSSR count). The van der Waals surface area contributed by atoms with Gasteiger partial charge in [0.25, 0.3) is 0 Å². The summed E-state index contributed by atoms with van der Waals surface area (Å²) < 4.78 is 0. The van der Waals surface area contributed by atoms with E-state index in [1.807, 2.05) is 18.2 Å². The normalized spacial score (nSPS) is 20.9. The number of nitrogens with one attached hydrogen (secondary N) is 1. The fraction of sp³-hybridized carbons (Fsp3) is 0.438. The van der Waals surface area contributed by atoms with E-state index in [0.29, 0.717) is 12.8 Å². The summed E-state index contributed by atoms with van der Waals surface area (Å²) in [4.78, 5) is 35.1. The molecule has 1 unspecified atom stereocenters. The summed E-state index contributed by atoms with van der Waals surface area (Å²) in [5.41, 5.74) is 0.0762. The van der Waals surface area contributed by atoms with Crippen LogP contribution in [0.15, 0.2) is 30.3 Å². The van der Waals surface area contributed by atoms with Crippen molar-refractivity contribution in [3.8, 4) is 0 Å². The molecule has 22 heavy (non-hydrogen) atoms. The summed E-state index contributed by atoms with van der Waals surface area (Å²) in [6.45, 7) is 1.78. The van der Waals surface area contributed by atoms with Crippen molar-refractivity contribution in [2.24, 2.45) is 5.41 Å². The monoisotopic (exact) mass is 310 g/mol. The van der Waals surface area contributed by atoms with E-state index in [-0.39, 0.29) is 29.6 Å². The van der Waals surface area contributed by atoms with Crippen molar-refractivity contribution >= 4 is 17.8 Å². The number of amides is 4. The largest absolute Gasteiger partial charge is 1.00 e. The van der Waals surface area contributed by atoms with Crippen LogP contribution in [0.25, 0.3) is 5.32 Å². The van der Waals surface area contributed by atoms with Crippen molar-refractivity contribution < 1.29 is 43.9 Å². The van der Waals surface area contributed by atoms with E-state index in [1.165, 1.54) is 5.56 Å². The molecule has 6 heteroatoms. The summed E-state index contributed by atoms with van der Waals surface area (Å²) in [5.74, 6) is -1.10. The SMILES string of the molecule is CCC1(CCCCc2ccccc2)C(=O)[N-]C(=O)NC1=O.[Na+]. The molecule has 5 nitrogen and oxygen atoms in total. The van der Waals surface area contributed by atoms with Gasteiger partial charge in [0.2, 0.25) is 0 Å². The molecule has 1 aliphatic rings. The summed E-state index contributed by atoms with van der Waals surface area (Å²) >= 11 is 0. The number of unbranched alkanes of at least 4 members (excludes halogenated alkanes) is 1. The molecular formula is C16H19N2NaO3. The summed E-state index contributed by atoms with van der Waals surface area (Å²) in [7, 11) is 0. The zero-order valence-electron chi connectivity index (χ0n) is 13.1. The zero-order chi connectivity index (χ0) is 15.3. The molecule has 1 saturated heterocycles. The Bertz CT molecular complexity index is 526. The van der Waals surface area contributed by atoms with Gasteiger partial charge in [0.15, 0.2) is 17.8 Å². The van der Waals surface area contributed by atoms with Crippen LogP contribution in [0.1, 0.15) is 38.2 Å². The number of hydrogen-bond donors (Lipinski definition) is 1. The van der Waals surface area contributed by atoms with Crippen molar-refractivity contribution in [2.75, 3.05) is 0 Å². The number of nitrogens with zero attached hydrogens (tertiary/aromatic N) is 1. The first-order valence-electron chi connectivity index (χ1n) is 7.24. The van der Waals surface area contributed by atoms with E-state index in [9.17, 15) is 14.4 Å². The predicted molar refractivity (Wildman–Crippen MR) is 78.6 cm³/mol. The number of urea groups is 1. The van der Waals surface area contributed by atoms with Crippen LogP contribution in [-0.4, -0.2) is 17.8 Å². The summed E-state index contributed by atoms with van der Waals surface area (Å²) in [5, 5.41) is 5.53. The van der Waals surface area contributed by atoms with Crippen molar-refractivity contribution in [1.29, 1.82) is 0 Å². The van der Waals surface area contributed by atoms with E-state index < -0.39 is 23.3 Å². The van der Waals surface area contributed by atoms with E-state index in [1.54, 1.807) is 6.92 Å². The standard InChI is InChI=1S/C16H20N2O3.Na/c1-2-16(13(19)17-15(21)18-14(16)20)11-7-6-10-12-8-4-3-5-9-12;/h3-5,8-9H,2,6-7,10-11H2,1H3,(H2,17,18,19,20,21);/q;+1/p-1. The van der Waals surface area contributed by atoms with Crippen LogP contribution in [0.4, 0.5) is 4.79 Å². The molecule has 4 amide bonds. The molecule has 1 atom stereocenters. The number of barbiturate groups is 1. The number of carbonyl (C=O) groups is 3. The van der Waals surface area contributed by atoms with Crippen molar-refractivity contribution in [3.63, 3.8) is 0 Å². The number of aryl methyl sites for hydroxylation is 1. The quantitative estimate of drug-likeness (QED) is 0.455. The minimum atomic E-state index is -1.16. The van der Waals surface area contributed by atoms with Gasteiger partial charge in [0.05, 0.1) is 5.41 Å². The maximum atomic E-state index is 12.0. The third kappa shape index (κ3) is 4.18. The Morgan fingerprint density at radius 3 is 2.36 bits per heavy atom. The van der Waals surface area contributed by atoms with Crippen LogP contribution < -0.4 is 34.9 Å². The molecule has 1 aromatic carbocycles. The van der Waals surface area contributed by atoms with Crippen LogP contribution in [0.2, 0.25) is 0 Å². The Hall–Kier alpha value is -1.17. The van der Waals surface area contributed by atoms with E-state index in [0.717, 1.165) is 19.3 Å². The average molecular weight is 310 g/mol. The number of benzene rings is 1. The van der Waals surface area contributed by atoms with Crippen LogP contribution in [0.5, 0.6) is 0 Å². The van der Waals surface area contributed by atoms with Gasteiger partial charge in [-0.15, -0.1) is 0 Å². The second-order valence-corrected chi connectivity index (χ2v) is 5.30. The van der Waals surface area contributed by atoms with Gasteiger partial charge in [-0.25, -0.2) is 0 Å². The Morgan fingerprint density at radius 1 is 1.09 bits per heavy atom. The molecule has 1 aliphatic heterocycles. The molecule has 0 spiro atoms. The topological polar surface area (TPSA) is 77.3 Å². The molecule has 1 heterocycles. The molecule has 1 fully saturated rings. The maximum Gasteiger partial charge on any atom is 1.00 e. The van der Waals surface area contributed by atoms with E-state index >= 15 is 0 Å².